The van der Waals surface area contributed by atoms with Crippen molar-refractivity contribution < 1.29 is 19.7 Å². The Morgan fingerprint density at radius 2 is 1.85 bits per heavy atom. The summed E-state index contributed by atoms with van der Waals surface area (Å²) >= 11 is 0. The summed E-state index contributed by atoms with van der Waals surface area (Å²) in [5, 5.41) is 21.8. The van der Waals surface area contributed by atoms with E-state index in [0.29, 0.717) is 35.1 Å². The molecule has 0 atom stereocenters. The van der Waals surface area contributed by atoms with Gasteiger partial charge in [0.2, 0.25) is 0 Å². The first kappa shape index (κ1) is 18.5. The van der Waals surface area contributed by atoms with E-state index in [0.717, 1.165) is 11.1 Å². The number of carbonyl (C=O) groups is 1. The molecule has 3 aromatic rings. The van der Waals surface area contributed by atoms with Gasteiger partial charge in [0.1, 0.15) is 0 Å². The van der Waals surface area contributed by atoms with Crippen LogP contribution in [0.2, 0.25) is 0 Å². The minimum atomic E-state index is -1.01. The number of benzene rings is 3. The summed E-state index contributed by atoms with van der Waals surface area (Å²) < 4.78 is 5.59. The molecule has 0 aliphatic carbocycles. The number of aromatic hydroxyl groups is 1. The molecule has 27 heavy (non-hydrogen) atoms. The minimum Gasteiger partial charge on any atom is -0.504 e. The molecule has 0 aromatic heterocycles. The first-order valence-corrected chi connectivity index (χ1v) is 8.91. The van der Waals surface area contributed by atoms with E-state index in [1.807, 2.05) is 55.5 Å². The Balaban J connectivity index is 2.30. The lowest BCUT2D eigenvalue weighted by atomic mass is 9.92. The maximum atomic E-state index is 11.7. The number of rotatable bonds is 6. The number of phenols is 1. The van der Waals surface area contributed by atoms with Gasteiger partial charge in [-0.25, -0.2) is 4.79 Å². The highest BCUT2D eigenvalue weighted by Crippen LogP contribution is 2.41. The van der Waals surface area contributed by atoms with Gasteiger partial charge in [-0.15, -0.1) is 0 Å². The fourth-order valence-corrected chi connectivity index (χ4v) is 3.35. The molecule has 0 bridgehead atoms. The van der Waals surface area contributed by atoms with Gasteiger partial charge in [0.05, 0.1) is 12.2 Å². The summed E-state index contributed by atoms with van der Waals surface area (Å²) in [4.78, 5) is 11.7. The molecule has 4 heteroatoms. The van der Waals surface area contributed by atoms with Crippen molar-refractivity contribution in [2.75, 3.05) is 6.61 Å². The van der Waals surface area contributed by atoms with Crippen molar-refractivity contribution in [1.29, 1.82) is 0 Å². The number of allylic oxidation sites excluding steroid dienone is 1. The van der Waals surface area contributed by atoms with Crippen molar-refractivity contribution in [3.8, 4) is 11.5 Å². The van der Waals surface area contributed by atoms with Crippen LogP contribution < -0.4 is 4.74 Å². The Labute approximate surface area is 158 Å². The number of carboxylic acids is 1. The zero-order valence-corrected chi connectivity index (χ0v) is 15.4. The second-order valence-corrected chi connectivity index (χ2v) is 6.21. The third kappa shape index (κ3) is 3.65. The Kier molecular flexibility index (Phi) is 5.46. The number of hydrogen-bond donors (Lipinski definition) is 2. The number of carboxylic acid groups (broad SMARTS) is 1. The van der Waals surface area contributed by atoms with Crippen LogP contribution in [-0.2, 0) is 11.2 Å². The van der Waals surface area contributed by atoms with Crippen LogP contribution in [-0.4, -0.2) is 22.8 Å². The van der Waals surface area contributed by atoms with E-state index in [4.69, 9.17) is 4.74 Å². The lowest BCUT2D eigenvalue weighted by molar-refractivity contribution is -0.130. The molecule has 0 heterocycles. The van der Waals surface area contributed by atoms with Crippen LogP contribution in [0.5, 0.6) is 11.5 Å². The SMILES string of the molecule is C/C=C(\C(=O)O)c1cc(OCC)c(O)c2c(Cc3ccccc3)cccc12. The predicted molar refractivity (Wildman–Crippen MR) is 107 cm³/mol. The summed E-state index contributed by atoms with van der Waals surface area (Å²) in [6, 6.07) is 17.2. The van der Waals surface area contributed by atoms with E-state index in [9.17, 15) is 15.0 Å². The fraction of sp³-hybridized carbons (Fsp3) is 0.174. The van der Waals surface area contributed by atoms with E-state index in [2.05, 4.69) is 0 Å². The fourth-order valence-electron chi connectivity index (χ4n) is 3.35. The molecule has 3 rings (SSSR count). The van der Waals surface area contributed by atoms with Crippen molar-refractivity contribution in [3.63, 3.8) is 0 Å². The topological polar surface area (TPSA) is 66.8 Å². The first-order valence-electron chi connectivity index (χ1n) is 8.91. The summed E-state index contributed by atoms with van der Waals surface area (Å²) in [5.41, 5.74) is 2.74. The van der Waals surface area contributed by atoms with E-state index in [-0.39, 0.29) is 11.3 Å². The Morgan fingerprint density at radius 3 is 2.48 bits per heavy atom. The normalized spacial score (nSPS) is 11.6. The highest BCUT2D eigenvalue weighted by molar-refractivity contribution is 6.20. The number of phenolic OH excluding ortho intramolecular Hbond substituents is 1. The highest BCUT2D eigenvalue weighted by atomic mass is 16.5. The molecule has 0 fully saturated rings. The van der Waals surface area contributed by atoms with Crippen molar-refractivity contribution in [2.45, 2.75) is 20.3 Å². The molecule has 4 nitrogen and oxygen atoms in total. The smallest absolute Gasteiger partial charge is 0.335 e. The molecule has 138 valence electrons. The lowest BCUT2D eigenvalue weighted by Crippen LogP contribution is -2.03. The van der Waals surface area contributed by atoms with E-state index < -0.39 is 5.97 Å². The molecular formula is C23H22O4. The van der Waals surface area contributed by atoms with Gasteiger partial charge in [-0.3, -0.25) is 0 Å². The molecule has 3 aromatic carbocycles. The van der Waals surface area contributed by atoms with Crippen molar-refractivity contribution in [1.82, 2.24) is 0 Å². The quantitative estimate of drug-likeness (QED) is 0.604. The predicted octanol–water partition coefficient (Wildman–Crippen LogP) is 5.02. The van der Waals surface area contributed by atoms with Gasteiger partial charge < -0.3 is 14.9 Å². The zero-order chi connectivity index (χ0) is 19.4. The van der Waals surface area contributed by atoms with Gasteiger partial charge in [0, 0.05) is 10.9 Å². The molecule has 0 saturated carbocycles. The largest absolute Gasteiger partial charge is 0.504 e. The second-order valence-electron chi connectivity index (χ2n) is 6.21. The third-order valence-electron chi connectivity index (χ3n) is 4.53. The van der Waals surface area contributed by atoms with Crippen LogP contribution in [0.25, 0.3) is 16.3 Å². The number of ether oxygens (including phenoxy) is 1. The summed E-state index contributed by atoms with van der Waals surface area (Å²) in [7, 11) is 0. The Morgan fingerprint density at radius 1 is 1.11 bits per heavy atom. The van der Waals surface area contributed by atoms with Crippen LogP contribution in [0, 0.1) is 0 Å². The molecule has 0 radical (unpaired) electrons. The molecule has 0 aliphatic rings. The van der Waals surface area contributed by atoms with Crippen LogP contribution >= 0.6 is 0 Å². The van der Waals surface area contributed by atoms with Crippen molar-refractivity contribution >= 4 is 22.3 Å². The summed E-state index contributed by atoms with van der Waals surface area (Å²) in [6.07, 6.45) is 2.19. The van der Waals surface area contributed by atoms with Crippen LogP contribution in [0.4, 0.5) is 0 Å². The van der Waals surface area contributed by atoms with Crippen molar-refractivity contribution in [2.24, 2.45) is 0 Å². The molecule has 0 saturated heterocycles. The molecule has 0 aliphatic heterocycles. The van der Waals surface area contributed by atoms with E-state index in [1.165, 1.54) is 0 Å². The second kappa shape index (κ2) is 7.96. The summed E-state index contributed by atoms with van der Waals surface area (Å²) in [5.74, 6) is -0.676. The Bertz CT molecular complexity index is 1000. The maximum absolute atomic E-state index is 11.7. The lowest BCUT2D eigenvalue weighted by Gasteiger charge is -2.16. The minimum absolute atomic E-state index is 0.0444. The zero-order valence-electron chi connectivity index (χ0n) is 15.4. The average molecular weight is 362 g/mol. The van der Waals surface area contributed by atoms with Gasteiger partial charge in [0.25, 0.3) is 0 Å². The van der Waals surface area contributed by atoms with E-state index >= 15 is 0 Å². The van der Waals surface area contributed by atoms with Crippen molar-refractivity contribution in [3.05, 3.63) is 77.4 Å². The van der Waals surface area contributed by atoms with Gasteiger partial charge >= 0.3 is 5.97 Å². The third-order valence-corrected chi connectivity index (χ3v) is 4.53. The van der Waals surface area contributed by atoms with Gasteiger partial charge in [-0.05, 0) is 42.8 Å². The van der Waals surface area contributed by atoms with Crippen LogP contribution in [0.15, 0.2) is 60.7 Å². The maximum Gasteiger partial charge on any atom is 0.335 e. The number of aliphatic carboxylic acids is 1. The highest BCUT2D eigenvalue weighted by Gasteiger charge is 2.20. The molecule has 0 spiro atoms. The van der Waals surface area contributed by atoms with Crippen LogP contribution in [0.3, 0.4) is 0 Å². The number of fused-ring (bicyclic) bond motifs is 1. The summed E-state index contributed by atoms with van der Waals surface area (Å²) in [6.45, 7) is 3.89. The average Bonchev–Trinajstić information content (AvgIpc) is 2.66. The number of hydrogen-bond acceptors (Lipinski definition) is 3. The van der Waals surface area contributed by atoms with Gasteiger partial charge in [-0.1, -0.05) is 54.6 Å². The van der Waals surface area contributed by atoms with E-state index in [1.54, 1.807) is 19.1 Å². The molecule has 0 amide bonds. The first-order chi connectivity index (χ1) is 13.1. The molecule has 2 N–H and O–H groups in total. The molecular weight excluding hydrogens is 340 g/mol. The monoisotopic (exact) mass is 362 g/mol. The van der Waals surface area contributed by atoms with Gasteiger partial charge in [0.15, 0.2) is 11.5 Å². The van der Waals surface area contributed by atoms with Gasteiger partial charge in [-0.2, -0.15) is 0 Å². The Hall–Kier alpha value is -3.27. The standard InChI is InChI=1S/C23H22O4/c1-3-17(23(25)26)19-14-20(27-4-2)22(24)21-16(11-8-12-18(19)21)13-15-9-6-5-7-10-15/h3,5-12,14,24H,4,13H2,1-2H3,(H,25,26)/b17-3-. The molecule has 0 unspecified atom stereocenters. The van der Waals surface area contributed by atoms with Crippen LogP contribution in [0.1, 0.15) is 30.5 Å².